The molecule has 0 aliphatic carbocycles. The summed E-state index contributed by atoms with van der Waals surface area (Å²) in [4.78, 5) is 26.4. The predicted molar refractivity (Wildman–Crippen MR) is 112 cm³/mol. The van der Waals surface area contributed by atoms with E-state index in [1.165, 1.54) is 28.2 Å². The molecule has 0 radical (unpaired) electrons. The number of nitrogens with zero attached hydrogens (tertiary/aromatic N) is 2. The third kappa shape index (κ3) is 3.46. The molecule has 7 heteroatoms. The Hall–Kier alpha value is -3.28. The zero-order valence-corrected chi connectivity index (χ0v) is 16.4. The van der Waals surface area contributed by atoms with E-state index in [9.17, 15) is 14.7 Å². The minimum Gasteiger partial charge on any atom is -0.870 e. The van der Waals surface area contributed by atoms with Crippen molar-refractivity contribution in [3.63, 3.8) is 0 Å². The van der Waals surface area contributed by atoms with Crippen molar-refractivity contribution >= 4 is 52.5 Å². The first-order chi connectivity index (χ1) is 14.0. The van der Waals surface area contributed by atoms with Gasteiger partial charge in [-0.05, 0) is 48.0 Å². The normalized spacial score (nSPS) is 13.9. The molecule has 0 aromatic heterocycles. The van der Waals surface area contributed by atoms with E-state index >= 15 is 0 Å². The lowest BCUT2D eigenvalue weighted by atomic mass is 10.1. The molecule has 0 N–H and O–H groups in total. The van der Waals surface area contributed by atoms with Crippen LogP contribution in [0, 0.1) is 0 Å². The molecule has 1 heterocycles. The molecule has 1 fully saturated rings. The summed E-state index contributed by atoms with van der Waals surface area (Å²) in [6, 6.07) is 20.5. The van der Waals surface area contributed by atoms with E-state index in [0.717, 1.165) is 0 Å². The number of hydrogen-bond acceptors (Lipinski definition) is 3. The van der Waals surface area contributed by atoms with Crippen molar-refractivity contribution in [1.29, 1.82) is 0 Å². The lowest BCUT2D eigenvalue weighted by Crippen LogP contribution is -2.41. The molecule has 1 saturated heterocycles. The second kappa shape index (κ2) is 7.62. The summed E-state index contributed by atoms with van der Waals surface area (Å²) in [6.07, 6.45) is 1.39. The minimum absolute atomic E-state index is 0.0662. The molecule has 5 nitrogen and oxygen atoms in total. The van der Waals surface area contributed by atoms with Crippen molar-refractivity contribution in [1.82, 2.24) is 0 Å². The summed E-state index contributed by atoms with van der Waals surface area (Å²) in [5, 5.41) is 14.2. The van der Waals surface area contributed by atoms with E-state index < -0.39 is 17.6 Å². The van der Waals surface area contributed by atoms with Gasteiger partial charge in [0.1, 0.15) is 5.57 Å². The molecule has 0 spiro atoms. The van der Waals surface area contributed by atoms with E-state index in [-0.39, 0.29) is 15.6 Å². The smallest absolute Gasteiger partial charge is 0.283 e. The number of hydrogen-bond donors (Lipinski definition) is 0. The van der Waals surface area contributed by atoms with Crippen LogP contribution in [0.4, 0.5) is 11.4 Å². The summed E-state index contributed by atoms with van der Waals surface area (Å²) >= 11 is 11.8. The zero-order valence-electron chi connectivity index (χ0n) is 14.9. The van der Waals surface area contributed by atoms with Crippen LogP contribution in [-0.4, -0.2) is 11.8 Å². The first-order valence-corrected chi connectivity index (χ1v) is 9.39. The summed E-state index contributed by atoms with van der Waals surface area (Å²) in [7, 11) is 0. The van der Waals surface area contributed by atoms with Crippen molar-refractivity contribution in [3.8, 4) is 5.75 Å². The Morgan fingerprint density at radius 3 is 1.55 bits per heavy atom. The highest BCUT2D eigenvalue weighted by Crippen LogP contribution is 2.34. The average molecular weight is 424 g/mol. The van der Waals surface area contributed by atoms with Gasteiger partial charge in [-0.2, -0.15) is 0 Å². The lowest BCUT2D eigenvalue weighted by molar-refractivity contribution is -0.268. The quantitative estimate of drug-likeness (QED) is 0.461. The zero-order chi connectivity index (χ0) is 20.5. The predicted octanol–water partition coefficient (Wildman–Crippen LogP) is 4.45. The molecule has 0 atom stereocenters. The largest absolute Gasteiger partial charge is 0.870 e. The number of carbonyl (C=O) groups excluding carboxylic acids is 2. The summed E-state index contributed by atoms with van der Waals surface area (Å²) in [6.45, 7) is 0. The van der Waals surface area contributed by atoms with Gasteiger partial charge in [-0.3, -0.25) is 9.59 Å². The van der Waals surface area contributed by atoms with Crippen molar-refractivity contribution in [2.75, 3.05) is 10.0 Å². The maximum absolute atomic E-state index is 13.2. The van der Waals surface area contributed by atoms with Gasteiger partial charge in [0.2, 0.25) is 0 Å². The first-order valence-electron chi connectivity index (χ1n) is 8.64. The molecular weight excluding hydrogens is 411 g/mol. The number of para-hydroxylation sites is 2. The molecule has 0 bridgehead atoms. The molecule has 29 heavy (non-hydrogen) atoms. The number of anilines is 2. The van der Waals surface area contributed by atoms with E-state index in [4.69, 9.17) is 23.2 Å². The van der Waals surface area contributed by atoms with Crippen LogP contribution in [0.1, 0.15) is 5.56 Å². The molecule has 4 rings (SSSR count). The fraction of sp³-hybridized carbons (Fsp3) is 0. The Labute approximate surface area is 177 Å². The van der Waals surface area contributed by atoms with Gasteiger partial charge in [0.05, 0.1) is 11.4 Å². The highest BCUT2D eigenvalue weighted by Gasteiger charge is 2.42. The number of carbonyl (C=O) groups is 2. The number of halogens is 2. The molecule has 0 saturated carbocycles. The van der Waals surface area contributed by atoms with Crippen LogP contribution < -0.4 is 15.1 Å². The van der Waals surface area contributed by atoms with E-state index in [1.54, 1.807) is 48.5 Å². The molecule has 1 aliphatic heterocycles. The first kappa shape index (κ1) is 19.1. The van der Waals surface area contributed by atoms with Crippen LogP contribution in [0.25, 0.3) is 6.08 Å². The fourth-order valence-electron chi connectivity index (χ4n) is 3.06. The topological polar surface area (TPSA) is 63.7 Å². The minimum atomic E-state index is -0.503. The number of amides is 2. The van der Waals surface area contributed by atoms with Crippen molar-refractivity contribution in [2.45, 2.75) is 0 Å². The maximum atomic E-state index is 13.2. The third-order valence-electron chi connectivity index (χ3n) is 4.38. The Bertz CT molecular complexity index is 1050. The lowest BCUT2D eigenvalue weighted by Gasteiger charge is -2.27. The molecule has 1 aliphatic rings. The van der Waals surface area contributed by atoms with Gasteiger partial charge in [-0.1, -0.05) is 65.3 Å². The highest BCUT2D eigenvalue weighted by atomic mass is 35.5. The van der Waals surface area contributed by atoms with Gasteiger partial charge in [0, 0.05) is 10.0 Å². The Morgan fingerprint density at radius 2 is 1.14 bits per heavy atom. The van der Waals surface area contributed by atoms with E-state index in [2.05, 4.69) is 0 Å². The molecule has 144 valence electrons. The van der Waals surface area contributed by atoms with Gasteiger partial charge in [-0.25, -0.2) is 10.0 Å². The summed E-state index contributed by atoms with van der Waals surface area (Å²) in [5.74, 6) is -1.50. The standard InChI is InChI=1S/C22H14Cl2N2O3/c23-18-12-14(13-19(24)20(18)27)11-17-21(28)25(15-7-3-1-4-8-15)26(22(17)29)16-9-5-2-6-10-16/h1-13,27H/p-1. The molecular formula is C22H13Cl2N2O3-. The third-order valence-corrected chi connectivity index (χ3v) is 4.94. The number of rotatable bonds is 3. The average Bonchev–Trinajstić information content (AvgIpc) is 2.98. The van der Waals surface area contributed by atoms with Gasteiger partial charge < -0.3 is 5.11 Å². The molecule has 0 unspecified atom stereocenters. The SMILES string of the molecule is O=C1C(=Cc2cc(Cl)c([O-])c(Cl)c2)C(=O)N(c2ccccc2)N1c1ccccc1. The van der Waals surface area contributed by atoms with Gasteiger partial charge >= 0.3 is 0 Å². The van der Waals surface area contributed by atoms with Crippen LogP contribution in [0.15, 0.2) is 78.4 Å². The van der Waals surface area contributed by atoms with Crippen molar-refractivity contribution in [2.24, 2.45) is 0 Å². The fourth-order valence-corrected chi connectivity index (χ4v) is 3.56. The Balaban J connectivity index is 1.85. The van der Waals surface area contributed by atoms with Gasteiger partial charge in [-0.15, -0.1) is 0 Å². The second-order valence-corrected chi connectivity index (χ2v) is 7.09. The Kier molecular flexibility index (Phi) is 5.01. The Morgan fingerprint density at radius 1 is 0.724 bits per heavy atom. The van der Waals surface area contributed by atoms with Crippen molar-refractivity contribution < 1.29 is 14.7 Å². The summed E-state index contributed by atoms with van der Waals surface area (Å²) in [5.41, 5.74) is 1.41. The summed E-state index contributed by atoms with van der Waals surface area (Å²) < 4.78 is 0. The van der Waals surface area contributed by atoms with Gasteiger partial charge in [0.25, 0.3) is 11.8 Å². The molecule has 2 amide bonds. The van der Waals surface area contributed by atoms with E-state index in [1.807, 2.05) is 12.1 Å². The number of hydrazine groups is 1. The highest BCUT2D eigenvalue weighted by molar-refractivity contribution is 6.39. The second-order valence-electron chi connectivity index (χ2n) is 6.28. The monoisotopic (exact) mass is 423 g/mol. The van der Waals surface area contributed by atoms with Crippen LogP contribution in [0.3, 0.4) is 0 Å². The van der Waals surface area contributed by atoms with Crippen LogP contribution in [-0.2, 0) is 9.59 Å². The van der Waals surface area contributed by atoms with E-state index in [0.29, 0.717) is 16.9 Å². The van der Waals surface area contributed by atoms with Crippen LogP contribution in [0.5, 0.6) is 5.75 Å². The molecule has 3 aromatic rings. The van der Waals surface area contributed by atoms with Gasteiger partial charge in [0.15, 0.2) is 0 Å². The van der Waals surface area contributed by atoms with Crippen LogP contribution >= 0.6 is 23.2 Å². The van der Waals surface area contributed by atoms with Crippen LogP contribution in [0.2, 0.25) is 10.0 Å². The van der Waals surface area contributed by atoms with Crippen molar-refractivity contribution in [3.05, 3.63) is 94.0 Å². The number of benzene rings is 3. The molecule has 3 aromatic carbocycles. The maximum Gasteiger partial charge on any atom is 0.283 e.